The van der Waals surface area contributed by atoms with Gasteiger partial charge in [-0.05, 0) is 31.6 Å². The average molecular weight is 301 g/mol. The minimum atomic E-state index is -0.552. The van der Waals surface area contributed by atoms with Gasteiger partial charge in [-0.3, -0.25) is 9.59 Å². The zero-order valence-electron chi connectivity index (χ0n) is 10.9. The van der Waals surface area contributed by atoms with Crippen molar-refractivity contribution in [3.8, 4) is 0 Å². The van der Waals surface area contributed by atoms with Gasteiger partial charge in [0.05, 0.1) is 10.4 Å². The molecule has 2 atom stereocenters. The van der Waals surface area contributed by atoms with Crippen LogP contribution in [0.25, 0.3) is 0 Å². The lowest BCUT2D eigenvalue weighted by Crippen LogP contribution is -2.46. The first-order valence-corrected chi connectivity index (χ1v) is 7.15. The van der Waals surface area contributed by atoms with Crippen LogP contribution in [0.3, 0.4) is 0 Å². The largest absolute Gasteiger partial charge is 0.347 e. The van der Waals surface area contributed by atoms with Gasteiger partial charge in [0.2, 0.25) is 11.8 Å². The molecule has 0 aliphatic rings. The molecule has 2 amide bonds. The normalized spacial score (nSPS) is 13.4. The van der Waals surface area contributed by atoms with Crippen molar-refractivity contribution in [3.63, 3.8) is 0 Å². The lowest BCUT2D eigenvalue weighted by Gasteiger charge is -2.19. The summed E-state index contributed by atoms with van der Waals surface area (Å²) in [7, 11) is 0. The summed E-state index contributed by atoms with van der Waals surface area (Å²) in [5.41, 5.74) is 0. The molecule has 0 aliphatic heterocycles. The molecule has 19 heavy (non-hydrogen) atoms. The van der Waals surface area contributed by atoms with Crippen LogP contribution in [0, 0.1) is 0 Å². The molecule has 0 saturated heterocycles. The standard InChI is InChI=1S/C13H17ClN2O2S/c1-4-9(16-12(17)5-2)13(18)15-8(3)10-6-7-11(14)19-10/h5-9H,2,4H2,1,3H3,(H,15,18)(H,16,17). The Balaban J connectivity index is 2.61. The van der Waals surface area contributed by atoms with Crippen LogP contribution in [-0.4, -0.2) is 17.9 Å². The van der Waals surface area contributed by atoms with Crippen molar-refractivity contribution >= 4 is 34.8 Å². The van der Waals surface area contributed by atoms with Gasteiger partial charge in [-0.1, -0.05) is 25.1 Å². The van der Waals surface area contributed by atoms with E-state index in [-0.39, 0.29) is 17.9 Å². The Morgan fingerprint density at radius 1 is 1.47 bits per heavy atom. The first-order chi connectivity index (χ1) is 8.97. The molecule has 0 radical (unpaired) electrons. The Morgan fingerprint density at radius 3 is 2.63 bits per heavy atom. The molecule has 104 valence electrons. The van der Waals surface area contributed by atoms with E-state index in [0.717, 1.165) is 11.0 Å². The number of carbonyl (C=O) groups is 2. The summed E-state index contributed by atoms with van der Waals surface area (Å²) in [6, 6.07) is 2.98. The Morgan fingerprint density at radius 2 is 2.16 bits per heavy atom. The van der Waals surface area contributed by atoms with E-state index in [2.05, 4.69) is 17.2 Å². The minimum Gasteiger partial charge on any atom is -0.347 e. The lowest BCUT2D eigenvalue weighted by molar-refractivity contribution is -0.127. The fourth-order valence-corrected chi connectivity index (χ4v) is 2.59. The monoisotopic (exact) mass is 300 g/mol. The van der Waals surface area contributed by atoms with Crippen molar-refractivity contribution in [3.05, 3.63) is 34.0 Å². The van der Waals surface area contributed by atoms with Crippen LogP contribution in [0.5, 0.6) is 0 Å². The number of nitrogens with one attached hydrogen (secondary N) is 2. The summed E-state index contributed by atoms with van der Waals surface area (Å²) < 4.78 is 0.683. The van der Waals surface area contributed by atoms with Gasteiger partial charge in [-0.25, -0.2) is 0 Å². The van der Waals surface area contributed by atoms with Crippen LogP contribution in [0.15, 0.2) is 24.8 Å². The Labute approximate surface area is 121 Å². The summed E-state index contributed by atoms with van der Waals surface area (Å²) in [5, 5.41) is 5.44. The topological polar surface area (TPSA) is 58.2 Å². The van der Waals surface area contributed by atoms with Gasteiger partial charge >= 0.3 is 0 Å². The Bertz CT molecular complexity index is 473. The van der Waals surface area contributed by atoms with Crippen LogP contribution in [-0.2, 0) is 9.59 Å². The molecule has 0 aliphatic carbocycles. The second-order valence-corrected chi connectivity index (χ2v) is 5.79. The average Bonchev–Trinajstić information content (AvgIpc) is 2.82. The molecular weight excluding hydrogens is 284 g/mol. The van der Waals surface area contributed by atoms with Crippen LogP contribution in [0.4, 0.5) is 0 Å². The van der Waals surface area contributed by atoms with Gasteiger partial charge < -0.3 is 10.6 Å². The van der Waals surface area contributed by atoms with E-state index >= 15 is 0 Å². The highest BCUT2D eigenvalue weighted by molar-refractivity contribution is 7.16. The molecule has 0 saturated carbocycles. The third-order valence-electron chi connectivity index (χ3n) is 2.61. The number of carbonyl (C=O) groups excluding carboxylic acids is 2. The predicted molar refractivity (Wildman–Crippen MR) is 78.3 cm³/mol. The highest BCUT2D eigenvalue weighted by Gasteiger charge is 2.20. The van der Waals surface area contributed by atoms with Gasteiger partial charge in [0, 0.05) is 4.88 Å². The lowest BCUT2D eigenvalue weighted by atomic mass is 10.2. The van der Waals surface area contributed by atoms with Gasteiger partial charge in [0.15, 0.2) is 0 Å². The molecule has 1 heterocycles. The minimum absolute atomic E-state index is 0.139. The van der Waals surface area contributed by atoms with Crippen LogP contribution in [0.1, 0.15) is 31.2 Å². The second-order valence-electron chi connectivity index (χ2n) is 4.05. The first-order valence-electron chi connectivity index (χ1n) is 5.96. The molecule has 1 aromatic rings. The quantitative estimate of drug-likeness (QED) is 0.794. The molecule has 0 bridgehead atoms. The second kappa shape index (κ2) is 7.31. The third kappa shape index (κ3) is 4.69. The number of amides is 2. The number of hydrogen-bond acceptors (Lipinski definition) is 3. The Kier molecular flexibility index (Phi) is 6.05. The van der Waals surface area contributed by atoms with Gasteiger partial charge in [-0.2, -0.15) is 0 Å². The van der Waals surface area contributed by atoms with Crippen molar-refractivity contribution in [2.24, 2.45) is 0 Å². The highest BCUT2D eigenvalue weighted by Crippen LogP contribution is 2.26. The maximum Gasteiger partial charge on any atom is 0.244 e. The number of rotatable bonds is 6. The summed E-state index contributed by atoms with van der Waals surface area (Å²) in [4.78, 5) is 24.2. The molecule has 4 nitrogen and oxygen atoms in total. The predicted octanol–water partition coefficient (Wildman–Crippen LogP) is 2.66. The fraction of sp³-hybridized carbons (Fsp3) is 0.385. The van der Waals surface area contributed by atoms with Crippen LogP contribution < -0.4 is 10.6 Å². The van der Waals surface area contributed by atoms with Gasteiger partial charge in [0.25, 0.3) is 0 Å². The smallest absolute Gasteiger partial charge is 0.244 e. The molecule has 0 spiro atoms. The first kappa shape index (κ1) is 15.7. The number of hydrogen-bond donors (Lipinski definition) is 2. The van der Waals surface area contributed by atoms with Gasteiger partial charge in [0.1, 0.15) is 6.04 Å². The molecule has 2 unspecified atom stereocenters. The molecule has 1 aromatic heterocycles. The third-order valence-corrected chi connectivity index (χ3v) is 4.02. The fourth-order valence-electron chi connectivity index (χ4n) is 1.53. The van der Waals surface area contributed by atoms with E-state index in [9.17, 15) is 9.59 Å². The van der Waals surface area contributed by atoms with Crippen molar-refractivity contribution in [2.75, 3.05) is 0 Å². The molecule has 2 N–H and O–H groups in total. The summed E-state index contributed by atoms with van der Waals surface area (Å²) in [5.74, 6) is -0.566. The van der Waals surface area contributed by atoms with E-state index in [0.29, 0.717) is 10.8 Å². The van der Waals surface area contributed by atoms with Crippen molar-refractivity contribution in [1.82, 2.24) is 10.6 Å². The van der Waals surface area contributed by atoms with Crippen molar-refractivity contribution in [1.29, 1.82) is 0 Å². The van der Waals surface area contributed by atoms with Crippen LogP contribution >= 0.6 is 22.9 Å². The van der Waals surface area contributed by atoms with E-state index in [1.807, 2.05) is 19.9 Å². The van der Waals surface area contributed by atoms with E-state index in [4.69, 9.17) is 11.6 Å². The van der Waals surface area contributed by atoms with Gasteiger partial charge in [-0.15, -0.1) is 11.3 Å². The summed E-state index contributed by atoms with van der Waals surface area (Å²) in [6.45, 7) is 7.07. The Hall–Kier alpha value is -1.33. The zero-order valence-corrected chi connectivity index (χ0v) is 12.5. The molecule has 0 fully saturated rings. The molecule has 1 rings (SSSR count). The molecular formula is C13H17ClN2O2S. The number of halogens is 1. The van der Waals surface area contributed by atoms with E-state index in [1.54, 1.807) is 6.07 Å². The van der Waals surface area contributed by atoms with E-state index in [1.165, 1.54) is 11.3 Å². The zero-order chi connectivity index (χ0) is 14.4. The summed E-state index contributed by atoms with van der Waals surface area (Å²) >= 11 is 7.28. The van der Waals surface area contributed by atoms with Crippen molar-refractivity contribution < 1.29 is 9.59 Å². The highest BCUT2D eigenvalue weighted by atomic mass is 35.5. The SMILES string of the molecule is C=CC(=O)NC(CC)C(=O)NC(C)c1ccc(Cl)s1. The molecule has 0 aromatic carbocycles. The number of thiophene rings is 1. The maximum absolute atomic E-state index is 12.0. The van der Waals surface area contributed by atoms with E-state index < -0.39 is 6.04 Å². The maximum atomic E-state index is 12.0. The molecule has 6 heteroatoms. The van der Waals surface area contributed by atoms with Crippen molar-refractivity contribution in [2.45, 2.75) is 32.4 Å². The summed E-state index contributed by atoms with van der Waals surface area (Å²) in [6.07, 6.45) is 1.67. The van der Waals surface area contributed by atoms with Crippen LogP contribution in [0.2, 0.25) is 4.34 Å².